The van der Waals surface area contributed by atoms with E-state index in [4.69, 9.17) is 4.74 Å². The van der Waals surface area contributed by atoms with Crippen LogP contribution in [0.5, 0.6) is 5.75 Å². The number of hydrogen-bond donors (Lipinski definition) is 1. The summed E-state index contributed by atoms with van der Waals surface area (Å²) in [4.78, 5) is 12.4. The number of nitrogens with one attached hydrogen (secondary N) is 1. The highest BCUT2D eigenvalue weighted by Gasteiger charge is 2.29. The van der Waals surface area contributed by atoms with Gasteiger partial charge in [0, 0.05) is 0 Å². The molecule has 28 heavy (non-hydrogen) atoms. The van der Waals surface area contributed by atoms with Gasteiger partial charge >= 0.3 is 0 Å². The second-order valence-corrected chi connectivity index (χ2v) is 8.54. The van der Waals surface area contributed by atoms with Crippen LogP contribution in [0.3, 0.4) is 0 Å². The molecule has 0 saturated carbocycles. The van der Waals surface area contributed by atoms with Crippen molar-refractivity contribution in [1.82, 2.24) is 5.32 Å². The van der Waals surface area contributed by atoms with E-state index in [1.54, 1.807) is 0 Å². The van der Waals surface area contributed by atoms with Crippen molar-refractivity contribution >= 4 is 21.6 Å². The monoisotopic (exact) mass is 408 g/mol. The Labute approximate surface area is 165 Å². The molecule has 0 bridgehead atoms. The number of carbonyl (C=O) groups excluding carboxylic acids is 1. The van der Waals surface area contributed by atoms with Gasteiger partial charge in [-0.05, 0) is 62.2 Å². The van der Waals surface area contributed by atoms with E-state index in [0.717, 1.165) is 27.8 Å². The molecule has 0 aromatic heterocycles. The van der Waals surface area contributed by atoms with Crippen molar-refractivity contribution in [3.05, 3.63) is 59.4 Å². The highest BCUT2D eigenvalue weighted by Crippen LogP contribution is 2.21. The van der Waals surface area contributed by atoms with Crippen LogP contribution in [-0.4, -0.2) is 39.8 Å². The number of carbonyl (C=O) groups is 1. The molecule has 0 aliphatic rings. The molecule has 2 rings (SSSR count). The fourth-order valence-electron chi connectivity index (χ4n) is 2.93. The van der Waals surface area contributed by atoms with Gasteiger partial charge in [-0.3, -0.25) is 9.10 Å². The molecule has 152 valence electrons. The second kappa shape index (κ2) is 9.05. The van der Waals surface area contributed by atoms with Crippen LogP contribution in [0.25, 0.3) is 0 Å². The minimum atomic E-state index is -3.79. The summed E-state index contributed by atoms with van der Waals surface area (Å²) in [5, 5.41) is 2.66. The molecule has 0 aliphatic carbocycles. The van der Waals surface area contributed by atoms with E-state index in [0.29, 0.717) is 5.75 Å². The number of anilines is 1. The SMILES string of the molecule is Cc1cc(C)cc(OCCNC(=O)[C@H](C)N(c2cccc(F)c2)S(C)(=O)=O)c1. The number of aryl methyl sites for hydroxylation is 2. The first-order chi connectivity index (χ1) is 13.1. The van der Waals surface area contributed by atoms with Crippen molar-refractivity contribution in [2.24, 2.45) is 0 Å². The van der Waals surface area contributed by atoms with Crippen molar-refractivity contribution in [1.29, 1.82) is 0 Å². The maximum atomic E-state index is 13.5. The molecule has 6 nitrogen and oxygen atoms in total. The molecule has 0 unspecified atom stereocenters. The van der Waals surface area contributed by atoms with Crippen LogP contribution in [-0.2, 0) is 14.8 Å². The number of ether oxygens (including phenoxy) is 1. The predicted octanol–water partition coefficient (Wildman–Crippen LogP) is 2.79. The molecule has 2 aromatic carbocycles. The Morgan fingerprint density at radius 1 is 1.18 bits per heavy atom. The standard InChI is InChI=1S/C20H25FN2O4S/c1-14-10-15(2)12-19(11-14)27-9-8-22-20(24)16(3)23(28(4,25)26)18-7-5-6-17(21)13-18/h5-7,10-13,16H,8-9H2,1-4H3,(H,22,24)/t16-/m0/s1. The van der Waals surface area contributed by atoms with Crippen molar-refractivity contribution < 1.29 is 22.3 Å². The minimum Gasteiger partial charge on any atom is -0.492 e. The minimum absolute atomic E-state index is 0.0941. The molecular formula is C20H25FN2O4S. The van der Waals surface area contributed by atoms with Crippen LogP contribution in [0.1, 0.15) is 18.1 Å². The smallest absolute Gasteiger partial charge is 0.243 e. The Hall–Kier alpha value is -2.61. The summed E-state index contributed by atoms with van der Waals surface area (Å²) in [7, 11) is -3.79. The number of amides is 1. The van der Waals surface area contributed by atoms with Gasteiger partial charge in [0.1, 0.15) is 24.2 Å². The van der Waals surface area contributed by atoms with Crippen LogP contribution in [0.15, 0.2) is 42.5 Å². The van der Waals surface area contributed by atoms with E-state index in [9.17, 15) is 17.6 Å². The third-order valence-corrected chi connectivity index (χ3v) is 5.26. The number of benzene rings is 2. The number of nitrogens with zero attached hydrogens (tertiary/aromatic N) is 1. The molecule has 8 heteroatoms. The van der Waals surface area contributed by atoms with E-state index in [1.165, 1.54) is 25.1 Å². The Bertz CT molecular complexity index is 927. The first-order valence-corrected chi connectivity index (χ1v) is 10.7. The highest BCUT2D eigenvalue weighted by atomic mass is 32.2. The summed E-state index contributed by atoms with van der Waals surface area (Å²) in [6, 6.07) is 9.90. The largest absolute Gasteiger partial charge is 0.492 e. The van der Waals surface area contributed by atoms with Gasteiger partial charge < -0.3 is 10.1 Å². The molecule has 1 N–H and O–H groups in total. The topological polar surface area (TPSA) is 75.7 Å². The van der Waals surface area contributed by atoms with Crippen molar-refractivity contribution in [3.63, 3.8) is 0 Å². The van der Waals surface area contributed by atoms with E-state index in [-0.39, 0.29) is 18.8 Å². The molecule has 1 amide bonds. The zero-order chi connectivity index (χ0) is 20.9. The first-order valence-electron chi connectivity index (χ1n) is 8.81. The second-order valence-electron chi connectivity index (χ2n) is 6.68. The van der Waals surface area contributed by atoms with Gasteiger partial charge in [-0.1, -0.05) is 12.1 Å². The zero-order valence-electron chi connectivity index (χ0n) is 16.4. The lowest BCUT2D eigenvalue weighted by Crippen LogP contribution is -2.48. The van der Waals surface area contributed by atoms with Gasteiger partial charge in [0.05, 0.1) is 18.5 Å². The van der Waals surface area contributed by atoms with E-state index in [1.807, 2.05) is 32.0 Å². The summed E-state index contributed by atoms with van der Waals surface area (Å²) in [6.07, 6.45) is 0.977. The molecule has 0 saturated heterocycles. The summed E-state index contributed by atoms with van der Waals surface area (Å²) in [5.74, 6) is -0.378. The van der Waals surface area contributed by atoms with E-state index < -0.39 is 27.8 Å². The lowest BCUT2D eigenvalue weighted by molar-refractivity contribution is -0.121. The average Bonchev–Trinajstić information content (AvgIpc) is 2.56. The zero-order valence-corrected chi connectivity index (χ0v) is 17.2. The Balaban J connectivity index is 1.99. The Morgan fingerprint density at radius 3 is 2.39 bits per heavy atom. The molecule has 0 fully saturated rings. The van der Waals surface area contributed by atoms with Crippen molar-refractivity contribution in [3.8, 4) is 5.75 Å². The van der Waals surface area contributed by atoms with Gasteiger partial charge in [-0.2, -0.15) is 0 Å². The van der Waals surface area contributed by atoms with Gasteiger partial charge in [0.25, 0.3) is 0 Å². The summed E-state index contributed by atoms with van der Waals surface area (Å²) in [6.45, 7) is 5.83. The summed E-state index contributed by atoms with van der Waals surface area (Å²) < 4.78 is 44.4. The lowest BCUT2D eigenvalue weighted by Gasteiger charge is -2.28. The maximum absolute atomic E-state index is 13.5. The molecule has 0 heterocycles. The lowest BCUT2D eigenvalue weighted by atomic mass is 10.1. The molecular weight excluding hydrogens is 383 g/mol. The fraction of sp³-hybridized carbons (Fsp3) is 0.350. The molecule has 0 radical (unpaired) electrons. The van der Waals surface area contributed by atoms with Crippen LogP contribution >= 0.6 is 0 Å². The quantitative estimate of drug-likeness (QED) is 0.682. The third-order valence-electron chi connectivity index (χ3n) is 4.02. The molecule has 0 spiro atoms. The molecule has 2 aromatic rings. The maximum Gasteiger partial charge on any atom is 0.243 e. The van der Waals surface area contributed by atoms with Gasteiger partial charge in [0.15, 0.2) is 0 Å². The highest BCUT2D eigenvalue weighted by molar-refractivity contribution is 7.92. The Morgan fingerprint density at radius 2 is 1.82 bits per heavy atom. The summed E-state index contributed by atoms with van der Waals surface area (Å²) >= 11 is 0. The van der Waals surface area contributed by atoms with Crippen LogP contribution in [0, 0.1) is 19.7 Å². The number of rotatable bonds is 8. The van der Waals surface area contributed by atoms with Crippen LogP contribution < -0.4 is 14.4 Å². The number of sulfonamides is 1. The number of hydrogen-bond acceptors (Lipinski definition) is 4. The third kappa shape index (κ3) is 5.95. The average molecular weight is 408 g/mol. The molecule has 1 atom stereocenters. The van der Waals surface area contributed by atoms with Gasteiger partial charge in [-0.15, -0.1) is 0 Å². The van der Waals surface area contributed by atoms with E-state index in [2.05, 4.69) is 5.32 Å². The van der Waals surface area contributed by atoms with Gasteiger partial charge in [-0.25, -0.2) is 12.8 Å². The summed E-state index contributed by atoms with van der Waals surface area (Å²) in [5.41, 5.74) is 2.25. The van der Waals surface area contributed by atoms with E-state index >= 15 is 0 Å². The predicted molar refractivity (Wildman–Crippen MR) is 108 cm³/mol. The van der Waals surface area contributed by atoms with Gasteiger partial charge in [0.2, 0.25) is 15.9 Å². The van der Waals surface area contributed by atoms with Crippen LogP contribution in [0.4, 0.5) is 10.1 Å². The normalized spacial score (nSPS) is 12.3. The van der Waals surface area contributed by atoms with Crippen LogP contribution in [0.2, 0.25) is 0 Å². The fourth-order valence-corrected chi connectivity index (χ4v) is 4.10. The molecule has 0 aliphatic heterocycles. The van der Waals surface area contributed by atoms with Crippen molar-refractivity contribution in [2.75, 3.05) is 23.7 Å². The first kappa shape index (κ1) is 21.7. The van der Waals surface area contributed by atoms with Crippen molar-refractivity contribution in [2.45, 2.75) is 26.8 Å². The number of halogens is 1. The Kier molecular flexibility index (Phi) is 7.01.